The summed E-state index contributed by atoms with van der Waals surface area (Å²) < 4.78 is 13.5. The maximum absolute atomic E-state index is 13.5. The fourth-order valence-electron chi connectivity index (χ4n) is 2.61. The van der Waals surface area contributed by atoms with E-state index in [4.69, 9.17) is 4.84 Å². The van der Waals surface area contributed by atoms with Crippen molar-refractivity contribution in [2.45, 2.75) is 31.9 Å². The van der Waals surface area contributed by atoms with Gasteiger partial charge in [-0.15, -0.1) is 0 Å². The molecule has 1 saturated heterocycles. The molecule has 1 N–H and O–H groups in total. The smallest absolute Gasteiger partial charge is 0.126 e. The molecule has 1 aliphatic heterocycles. The van der Waals surface area contributed by atoms with Crippen LogP contribution in [0.1, 0.15) is 24.5 Å². The van der Waals surface area contributed by atoms with Crippen molar-refractivity contribution in [3.63, 3.8) is 0 Å². The molecule has 1 aliphatic carbocycles. The normalized spacial score (nSPS) is 37.8. The highest BCUT2D eigenvalue weighted by atomic mass is 19.1. The second-order valence-corrected chi connectivity index (χ2v) is 4.72. The molecule has 3 rings (SSSR count). The number of rotatable bonds is 1. The van der Waals surface area contributed by atoms with Crippen LogP contribution in [0.15, 0.2) is 18.2 Å². The first-order chi connectivity index (χ1) is 7.13. The summed E-state index contributed by atoms with van der Waals surface area (Å²) in [7, 11) is 0. The SMILES string of the molecule is Cc1c(F)cccc1[C@@]1(C)NO[C@@H]2C[C@@H]21. The summed E-state index contributed by atoms with van der Waals surface area (Å²) >= 11 is 0. The molecule has 15 heavy (non-hydrogen) atoms. The number of benzene rings is 1. The van der Waals surface area contributed by atoms with E-state index in [1.807, 2.05) is 13.0 Å². The molecule has 2 aliphatic rings. The van der Waals surface area contributed by atoms with E-state index in [1.54, 1.807) is 6.07 Å². The molecule has 80 valence electrons. The van der Waals surface area contributed by atoms with Crippen molar-refractivity contribution in [3.05, 3.63) is 35.1 Å². The van der Waals surface area contributed by atoms with Gasteiger partial charge < -0.3 is 0 Å². The Labute approximate surface area is 88.4 Å². The predicted octanol–water partition coefficient (Wildman–Crippen LogP) is 2.27. The van der Waals surface area contributed by atoms with Crippen molar-refractivity contribution >= 4 is 0 Å². The maximum Gasteiger partial charge on any atom is 0.126 e. The summed E-state index contributed by atoms with van der Waals surface area (Å²) in [5, 5.41) is 0. The summed E-state index contributed by atoms with van der Waals surface area (Å²) in [5.41, 5.74) is 4.59. The van der Waals surface area contributed by atoms with Gasteiger partial charge in [0.25, 0.3) is 0 Å². The van der Waals surface area contributed by atoms with Gasteiger partial charge >= 0.3 is 0 Å². The lowest BCUT2D eigenvalue weighted by molar-refractivity contribution is 0.0220. The quantitative estimate of drug-likeness (QED) is 0.762. The van der Waals surface area contributed by atoms with E-state index < -0.39 is 0 Å². The highest BCUT2D eigenvalue weighted by Crippen LogP contribution is 2.52. The van der Waals surface area contributed by atoms with Gasteiger partial charge in [0.05, 0.1) is 11.6 Å². The zero-order chi connectivity index (χ0) is 10.6. The summed E-state index contributed by atoms with van der Waals surface area (Å²) in [4.78, 5) is 5.42. The first-order valence-corrected chi connectivity index (χ1v) is 5.31. The van der Waals surface area contributed by atoms with Gasteiger partial charge in [0.2, 0.25) is 0 Å². The molecule has 0 spiro atoms. The average molecular weight is 207 g/mol. The van der Waals surface area contributed by atoms with Gasteiger partial charge in [-0.25, -0.2) is 4.39 Å². The molecule has 0 bridgehead atoms. The molecular formula is C12H14FNO. The van der Waals surface area contributed by atoms with Crippen LogP contribution in [-0.2, 0) is 10.4 Å². The summed E-state index contributed by atoms with van der Waals surface area (Å²) in [6.07, 6.45) is 1.41. The van der Waals surface area contributed by atoms with Crippen molar-refractivity contribution in [1.82, 2.24) is 5.48 Å². The second kappa shape index (κ2) is 2.80. The van der Waals surface area contributed by atoms with E-state index in [9.17, 15) is 4.39 Å². The van der Waals surface area contributed by atoms with Crippen LogP contribution in [0.25, 0.3) is 0 Å². The van der Waals surface area contributed by atoms with Crippen molar-refractivity contribution in [3.8, 4) is 0 Å². The van der Waals surface area contributed by atoms with Gasteiger partial charge in [-0.3, -0.25) is 4.84 Å². The average Bonchev–Trinajstić information content (AvgIpc) is 2.93. The molecule has 3 atom stereocenters. The summed E-state index contributed by atoms with van der Waals surface area (Å²) in [5.74, 6) is 0.359. The Balaban J connectivity index is 2.08. The largest absolute Gasteiger partial charge is 0.297 e. The lowest BCUT2D eigenvalue weighted by atomic mass is 9.85. The first-order valence-electron chi connectivity index (χ1n) is 5.31. The zero-order valence-corrected chi connectivity index (χ0v) is 8.88. The van der Waals surface area contributed by atoms with E-state index in [0.717, 1.165) is 17.5 Å². The van der Waals surface area contributed by atoms with Crippen molar-refractivity contribution in [2.75, 3.05) is 0 Å². The highest BCUT2D eigenvalue weighted by Gasteiger charge is 2.58. The first kappa shape index (κ1) is 9.31. The summed E-state index contributed by atoms with van der Waals surface area (Å²) in [6.45, 7) is 3.92. The number of hydrogen-bond donors (Lipinski definition) is 1. The van der Waals surface area contributed by atoms with Gasteiger partial charge in [0.1, 0.15) is 5.82 Å². The van der Waals surface area contributed by atoms with Crippen LogP contribution in [0.3, 0.4) is 0 Å². The number of hydrogen-bond acceptors (Lipinski definition) is 2. The van der Waals surface area contributed by atoms with Gasteiger partial charge in [-0.2, -0.15) is 5.48 Å². The summed E-state index contributed by atoms with van der Waals surface area (Å²) in [6, 6.07) is 5.25. The Morgan fingerprint density at radius 3 is 2.93 bits per heavy atom. The molecule has 1 aromatic carbocycles. The van der Waals surface area contributed by atoms with Gasteiger partial charge in [-0.1, -0.05) is 12.1 Å². The third-order valence-electron chi connectivity index (χ3n) is 3.72. The van der Waals surface area contributed by atoms with Gasteiger partial charge in [0.15, 0.2) is 0 Å². The third kappa shape index (κ3) is 1.17. The number of nitrogens with one attached hydrogen (secondary N) is 1. The molecule has 1 heterocycles. The zero-order valence-electron chi connectivity index (χ0n) is 8.88. The van der Waals surface area contributed by atoms with E-state index >= 15 is 0 Å². The molecule has 2 fully saturated rings. The van der Waals surface area contributed by atoms with Crippen LogP contribution >= 0.6 is 0 Å². The Morgan fingerprint density at radius 2 is 2.33 bits per heavy atom. The van der Waals surface area contributed by atoms with Crippen molar-refractivity contribution in [2.24, 2.45) is 5.92 Å². The maximum atomic E-state index is 13.5. The molecule has 0 unspecified atom stereocenters. The topological polar surface area (TPSA) is 21.3 Å². The van der Waals surface area contributed by atoms with E-state index in [2.05, 4.69) is 12.4 Å². The van der Waals surface area contributed by atoms with Crippen LogP contribution in [0.5, 0.6) is 0 Å². The molecule has 0 aromatic heterocycles. The molecule has 0 amide bonds. The fourth-order valence-corrected chi connectivity index (χ4v) is 2.61. The molecular weight excluding hydrogens is 193 g/mol. The number of hydroxylamine groups is 1. The Kier molecular flexibility index (Phi) is 1.74. The van der Waals surface area contributed by atoms with Gasteiger partial charge in [0, 0.05) is 5.92 Å². The number of halogens is 1. The Bertz CT molecular complexity index is 420. The minimum Gasteiger partial charge on any atom is -0.297 e. The lowest BCUT2D eigenvalue weighted by Gasteiger charge is -2.27. The third-order valence-corrected chi connectivity index (χ3v) is 3.72. The molecule has 1 aromatic rings. The minimum absolute atomic E-state index is 0.139. The van der Waals surface area contributed by atoms with Crippen LogP contribution in [-0.4, -0.2) is 6.10 Å². The van der Waals surface area contributed by atoms with E-state index in [0.29, 0.717) is 12.0 Å². The van der Waals surface area contributed by atoms with Crippen LogP contribution in [0, 0.1) is 18.7 Å². The molecule has 0 radical (unpaired) electrons. The molecule has 1 saturated carbocycles. The fraction of sp³-hybridized carbons (Fsp3) is 0.500. The van der Waals surface area contributed by atoms with Crippen molar-refractivity contribution < 1.29 is 9.23 Å². The second-order valence-electron chi connectivity index (χ2n) is 4.72. The molecule has 2 nitrogen and oxygen atoms in total. The van der Waals surface area contributed by atoms with Crippen LogP contribution in [0.4, 0.5) is 4.39 Å². The van der Waals surface area contributed by atoms with E-state index in [1.165, 1.54) is 6.07 Å². The minimum atomic E-state index is -0.211. The standard InChI is InChI=1S/C12H14FNO/c1-7-8(4-3-5-10(7)13)12(2)9-6-11(9)15-14-12/h3-5,9,11,14H,6H2,1-2H3/t9-,11+,12+/m0/s1. The Morgan fingerprint density at radius 1 is 1.53 bits per heavy atom. The molecule has 3 heteroatoms. The van der Waals surface area contributed by atoms with E-state index in [-0.39, 0.29) is 11.4 Å². The van der Waals surface area contributed by atoms with Crippen LogP contribution in [0.2, 0.25) is 0 Å². The lowest BCUT2D eigenvalue weighted by Crippen LogP contribution is -2.37. The Hall–Kier alpha value is -0.930. The van der Waals surface area contributed by atoms with Crippen LogP contribution < -0.4 is 5.48 Å². The monoisotopic (exact) mass is 207 g/mol. The number of fused-ring (bicyclic) bond motifs is 1. The predicted molar refractivity (Wildman–Crippen MR) is 54.6 cm³/mol. The van der Waals surface area contributed by atoms with Crippen molar-refractivity contribution in [1.29, 1.82) is 0 Å². The van der Waals surface area contributed by atoms with Gasteiger partial charge in [-0.05, 0) is 37.5 Å². The highest BCUT2D eigenvalue weighted by molar-refractivity contribution is 5.36.